The van der Waals surface area contributed by atoms with Crippen LogP contribution in [-0.4, -0.2) is 38.5 Å². The summed E-state index contributed by atoms with van der Waals surface area (Å²) >= 11 is 0. The molecule has 0 aromatic carbocycles. The van der Waals surface area contributed by atoms with Crippen molar-refractivity contribution in [3.05, 3.63) is 0 Å². The molecule has 2 fully saturated rings. The third kappa shape index (κ3) is 5.31. The Morgan fingerprint density at radius 2 is 1.75 bits per heavy atom. The number of hydrogen-bond acceptors (Lipinski definition) is 3. The number of hydrogen-bond donors (Lipinski definition) is 2. The molecule has 0 bridgehead atoms. The molecule has 2 aliphatic rings. The van der Waals surface area contributed by atoms with Crippen molar-refractivity contribution >= 4 is 15.8 Å². The summed E-state index contributed by atoms with van der Waals surface area (Å²) in [6.07, 6.45) is 8.79. The fourth-order valence-electron chi connectivity index (χ4n) is 3.10. The van der Waals surface area contributed by atoms with Crippen molar-refractivity contribution in [2.24, 2.45) is 16.6 Å². The molecule has 1 aliphatic heterocycles. The van der Waals surface area contributed by atoms with Gasteiger partial charge in [0, 0.05) is 12.6 Å². The summed E-state index contributed by atoms with van der Waals surface area (Å²) in [7, 11) is -2.75. The van der Waals surface area contributed by atoms with Crippen molar-refractivity contribution in [3.63, 3.8) is 0 Å². The second-order valence-corrected chi connectivity index (χ2v) is 8.43. The molecule has 1 saturated heterocycles. The molecule has 1 heterocycles. The molecule has 0 aromatic heterocycles. The predicted molar refractivity (Wildman–Crippen MR) is 82.5 cm³/mol. The van der Waals surface area contributed by atoms with Crippen LogP contribution in [0.2, 0.25) is 0 Å². The lowest BCUT2D eigenvalue weighted by Crippen LogP contribution is -2.41. The first-order valence-corrected chi connectivity index (χ1v) is 9.64. The van der Waals surface area contributed by atoms with E-state index in [1.165, 1.54) is 32.1 Å². The Balaban J connectivity index is 1.65. The second kappa shape index (κ2) is 7.29. The van der Waals surface area contributed by atoms with E-state index in [1.54, 1.807) is 0 Å². The van der Waals surface area contributed by atoms with Crippen LogP contribution in [0.3, 0.4) is 0 Å². The van der Waals surface area contributed by atoms with Crippen LogP contribution in [0.4, 0.5) is 0 Å². The number of rotatable bonds is 4. The monoisotopic (exact) mass is 301 g/mol. The van der Waals surface area contributed by atoms with Gasteiger partial charge in [-0.05, 0) is 38.0 Å². The lowest BCUT2D eigenvalue weighted by atomic mass is 9.96. The normalized spacial score (nSPS) is 25.5. The molecule has 0 atom stereocenters. The first-order valence-electron chi connectivity index (χ1n) is 7.82. The molecule has 3 N–H and O–H groups in total. The van der Waals surface area contributed by atoms with E-state index in [9.17, 15) is 8.42 Å². The highest BCUT2D eigenvalue weighted by molar-refractivity contribution is 7.91. The zero-order chi connectivity index (χ0) is 14.4. The van der Waals surface area contributed by atoms with Gasteiger partial charge in [-0.1, -0.05) is 19.3 Å². The van der Waals surface area contributed by atoms with Gasteiger partial charge in [0.05, 0.1) is 11.5 Å². The summed E-state index contributed by atoms with van der Waals surface area (Å²) in [5, 5.41) is 3.30. The molecular weight excluding hydrogens is 274 g/mol. The minimum atomic E-state index is -2.75. The zero-order valence-corrected chi connectivity index (χ0v) is 13.0. The molecule has 116 valence electrons. The van der Waals surface area contributed by atoms with Crippen LogP contribution in [0.1, 0.15) is 51.4 Å². The van der Waals surface area contributed by atoms with E-state index < -0.39 is 9.84 Å². The number of nitrogens with zero attached hydrogens (tertiary/aromatic N) is 1. The summed E-state index contributed by atoms with van der Waals surface area (Å²) in [6.45, 7) is 0.705. The average Bonchev–Trinajstić information content (AvgIpc) is 2.42. The Hall–Kier alpha value is -0.780. The Labute approximate surface area is 122 Å². The van der Waals surface area contributed by atoms with E-state index in [-0.39, 0.29) is 0 Å². The zero-order valence-electron chi connectivity index (χ0n) is 12.2. The van der Waals surface area contributed by atoms with E-state index in [4.69, 9.17) is 5.73 Å². The van der Waals surface area contributed by atoms with E-state index in [2.05, 4.69) is 10.3 Å². The lowest BCUT2D eigenvalue weighted by molar-refractivity contribution is 0.411. The number of nitrogens with one attached hydrogen (secondary N) is 1. The maximum Gasteiger partial charge on any atom is 0.188 e. The first-order chi connectivity index (χ1) is 9.55. The van der Waals surface area contributed by atoms with Gasteiger partial charge in [0.25, 0.3) is 0 Å². The molecule has 1 saturated carbocycles. The predicted octanol–water partition coefficient (Wildman–Crippen LogP) is 1.44. The van der Waals surface area contributed by atoms with Gasteiger partial charge in [0.1, 0.15) is 9.84 Å². The summed E-state index contributed by atoms with van der Waals surface area (Å²) in [5.74, 6) is 1.74. The average molecular weight is 301 g/mol. The topological polar surface area (TPSA) is 84.5 Å². The Bertz CT molecular complexity index is 414. The molecule has 0 aromatic rings. The van der Waals surface area contributed by atoms with Gasteiger partial charge in [-0.25, -0.2) is 8.42 Å². The molecule has 0 amide bonds. The quantitative estimate of drug-likeness (QED) is 0.608. The molecule has 1 aliphatic carbocycles. The molecule has 2 rings (SSSR count). The first kappa shape index (κ1) is 15.6. The standard InChI is InChI=1S/C14H27N3O2S/c15-14(17-13-4-2-1-3-5-13)16-9-6-12-7-10-20(18,19)11-8-12/h12-13H,1-11H2,(H3,15,16,17). The Morgan fingerprint density at radius 3 is 2.40 bits per heavy atom. The fourth-order valence-corrected chi connectivity index (χ4v) is 4.69. The number of sulfone groups is 1. The van der Waals surface area contributed by atoms with Gasteiger partial charge in [0.15, 0.2) is 5.96 Å². The minimum Gasteiger partial charge on any atom is -0.370 e. The molecule has 0 unspecified atom stereocenters. The van der Waals surface area contributed by atoms with E-state index in [0.717, 1.165) is 19.3 Å². The van der Waals surface area contributed by atoms with Crippen molar-refractivity contribution in [1.29, 1.82) is 0 Å². The summed E-state index contributed by atoms with van der Waals surface area (Å²) in [6, 6.07) is 0.493. The third-order valence-corrected chi connectivity index (χ3v) is 6.17. The van der Waals surface area contributed by atoms with Crippen LogP contribution in [-0.2, 0) is 9.84 Å². The maximum atomic E-state index is 11.3. The van der Waals surface area contributed by atoms with Crippen LogP contribution in [0.25, 0.3) is 0 Å². The number of aliphatic imine (C=N–C) groups is 1. The van der Waals surface area contributed by atoms with Crippen molar-refractivity contribution in [3.8, 4) is 0 Å². The van der Waals surface area contributed by atoms with Crippen LogP contribution >= 0.6 is 0 Å². The highest BCUT2D eigenvalue weighted by atomic mass is 32.2. The maximum absolute atomic E-state index is 11.3. The van der Waals surface area contributed by atoms with Gasteiger partial charge < -0.3 is 11.1 Å². The molecule has 5 nitrogen and oxygen atoms in total. The summed E-state index contributed by atoms with van der Waals surface area (Å²) < 4.78 is 22.7. The van der Waals surface area contributed by atoms with E-state index >= 15 is 0 Å². The van der Waals surface area contributed by atoms with Crippen molar-refractivity contribution < 1.29 is 8.42 Å². The molecule has 0 radical (unpaired) electrons. The van der Waals surface area contributed by atoms with Gasteiger partial charge >= 0.3 is 0 Å². The van der Waals surface area contributed by atoms with Crippen LogP contribution < -0.4 is 11.1 Å². The Kier molecular flexibility index (Phi) is 5.69. The SMILES string of the molecule is NC(=NCCC1CCS(=O)(=O)CC1)NC1CCCCC1. The van der Waals surface area contributed by atoms with Gasteiger partial charge in [0.2, 0.25) is 0 Å². The lowest BCUT2D eigenvalue weighted by Gasteiger charge is -2.23. The number of guanidine groups is 1. The largest absolute Gasteiger partial charge is 0.370 e. The molecule has 6 heteroatoms. The highest BCUT2D eigenvalue weighted by Crippen LogP contribution is 2.21. The fraction of sp³-hybridized carbons (Fsp3) is 0.929. The van der Waals surface area contributed by atoms with Gasteiger partial charge in [-0.3, -0.25) is 4.99 Å². The van der Waals surface area contributed by atoms with Crippen molar-refractivity contribution in [1.82, 2.24) is 5.32 Å². The molecule has 20 heavy (non-hydrogen) atoms. The summed E-state index contributed by atoms with van der Waals surface area (Å²) in [5.41, 5.74) is 5.91. The van der Waals surface area contributed by atoms with E-state index in [1.807, 2.05) is 0 Å². The molecular formula is C14H27N3O2S. The minimum absolute atomic E-state index is 0.344. The highest BCUT2D eigenvalue weighted by Gasteiger charge is 2.23. The van der Waals surface area contributed by atoms with Crippen LogP contribution in [0.5, 0.6) is 0 Å². The van der Waals surface area contributed by atoms with Crippen molar-refractivity contribution in [2.45, 2.75) is 57.4 Å². The van der Waals surface area contributed by atoms with Gasteiger partial charge in [-0.2, -0.15) is 0 Å². The third-order valence-electron chi connectivity index (χ3n) is 4.45. The van der Waals surface area contributed by atoms with Crippen LogP contribution in [0.15, 0.2) is 4.99 Å². The van der Waals surface area contributed by atoms with E-state index in [0.29, 0.717) is 36.0 Å². The summed E-state index contributed by atoms with van der Waals surface area (Å²) in [4.78, 5) is 4.38. The smallest absolute Gasteiger partial charge is 0.188 e. The Morgan fingerprint density at radius 1 is 1.10 bits per heavy atom. The van der Waals surface area contributed by atoms with Crippen LogP contribution in [0, 0.1) is 5.92 Å². The second-order valence-electron chi connectivity index (χ2n) is 6.13. The van der Waals surface area contributed by atoms with Gasteiger partial charge in [-0.15, -0.1) is 0 Å². The molecule has 0 spiro atoms. The number of nitrogens with two attached hydrogens (primary N) is 1. The van der Waals surface area contributed by atoms with Crippen molar-refractivity contribution in [2.75, 3.05) is 18.1 Å².